The summed E-state index contributed by atoms with van der Waals surface area (Å²) >= 11 is 0. The van der Waals surface area contributed by atoms with Crippen LogP contribution in [0.3, 0.4) is 0 Å². The van der Waals surface area contributed by atoms with E-state index in [1.54, 1.807) is 0 Å². The number of carbonyl (C=O) groups is 3. The molecule has 0 radical (unpaired) electrons. The maximum Gasteiger partial charge on any atom is 0.408 e. The fourth-order valence-electron chi connectivity index (χ4n) is 0.938. The topological polar surface area (TPSA) is 81.7 Å². The normalized spacial score (nSPS) is 11.8. The predicted molar refractivity (Wildman–Crippen MR) is 65.0 cm³/mol. The number of hydrogen-bond donors (Lipinski definition) is 1. The average molecular weight is 264 g/mol. The third-order valence-electron chi connectivity index (χ3n) is 1.83. The van der Waals surface area contributed by atoms with E-state index in [4.69, 9.17) is 4.74 Å². The molecule has 98 valence electrons. The second-order valence-corrected chi connectivity index (χ2v) is 5.83. The fraction of sp³-hybridized carbons (Fsp3) is 0.700. The van der Waals surface area contributed by atoms with Gasteiger partial charge in [-0.2, -0.15) is 0 Å². The Kier molecular flexibility index (Phi) is 8.21. The summed E-state index contributed by atoms with van der Waals surface area (Å²) in [6.45, 7) is 0.289. The lowest BCUT2D eigenvalue weighted by Gasteiger charge is -2.13. The first-order chi connectivity index (χ1) is 8.01. The molecule has 0 aliphatic heterocycles. The van der Waals surface area contributed by atoms with Crippen LogP contribution in [-0.2, 0) is 30.0 Å². The van der Waals surface area contributed by atoms with Gasteiger partial charge in [0.15, 0.2) is 0 Å². The molecule has 0 bridgehead atoms. The quantitative estimate of drug-likeness (QED) is 0.388. The Morgan fingerprint density at radius 3 is 2.53 bits per heavy atom. The van der Waals surface area contributed by atoms with Gasteiger partial charge in [-0.1, -0.05) is 0 Å². The zero-order chi connectivity index (χ0) is 13.3. The second kappa shape index (κ2) is 8.86. The number of aldehydes is 1. The number of ether oxygens (including phenoxy) is 2. The molecule has 0 aromatic rings. The summed E-state index contributed by atoms with van der Waals surface area (Å²) in [5.74, 6) is 0.101. The Morgan fingerprint density at radius 1 is 1.41 bits per heavy atom. The highest BCUT2D eigenvalue weighted by Crippen LogP contribution is 1.94. The summed E-state index contributed by atoms with van der Waals surface area (Å²) in [6, 6.07) is -0.980. The van der Waals surface area contributed by atoms with E-state index in [1.165, 1.54) is 7.11 Å². The lowest BCUT2D eigenvalue weighted by Crippen LogP contribution is -2.42. The van der Waals surface area contributed by atoms with Crippen molar-refractivity contribution in [3.8, 4) is 0 Å². The van der Waals surface area contributed by atoms with Crippen molar-refractivity contribution >= 4 is 29.2 Å². The van der Waals surface area contributed by atoms with Crippen LogP contribution in [0.1, 0.15) is 6.42 Å². The van der Waals surface area contributed by atoms with Gasteiger partial charge in [-0.3, -0.25) is 0 Å². The van der Waals surface area contributed by atoms with E-state index in [0.717, 1.165) is 5.75 Å². The van der Waals surface area contributed by atoms with Crippen molar-refractivity contribution in [3.05, 3.63) is 0 Å². The molecule has 0 fully saturated rings. The van der Waals surface area contributed by atoms with E-state index in [1.807, 2.05) is 12.5 Å². The lowest BCUT2D eigenvalue weighted by molar-refractivity contribution is -0.143. The number of carbonyl (C=O) groups excluding carboxylic acids is 3. The van der Waals surface area contributed by atoms with Crippen LogP contribution in [0, 0.1) is 0 Å². The Bertz CT molecular complexity index is 269. The molecule has 0 aromatic carbocycles. The molecule has 0 unspecified atom stereocenters. The maximum absolute atomic E-state index is 11.3. The summed E-state index contributed by atoms with van der Waals surface area (Å²) in [4.78, 5) is 32.8. The molecule has 17 heavy (non-hydrogen) atoms. The van der Waals surface area contributed by atoms with Gasteiger partial charge in [-0.15, -0.1) is 0 Å². The van der Waals surface area contributed by atoms with Crippen molar-refractivity contribution in [2.45, 2.75) is 12.5 Å². The Labute approximate surface area is 103 Å². The summed E-state index contributed by atoms with van der Waals surface area (Å²) in [5.41, 5.74) is 0. The van der Waals surface area contributed by atoms with E-state index < -0.39 is 18.1 Å². The first-order valence-corrected chi connectivity index (χ1v) is 7.21. The van der Waals surface area contributed by atoms with Gasteiger partial charge >= 0.3 is 12.1 Å². The molecule has 0 aromatic heterocycles. The van der Waals surface area contributed by atoms with Gasteiger partial charge in [-0.05, 0) is 10.9 Å². The molecule has 0 aliphatic rings. The second-order valence-electron chi connectivity index (χ2n) is 3.45. The highest BCUT2D eigenvalue weighted by atomic mass is 32.2. The number of alkyl carbamates (subject to hydrolysis) is 1. The Hall–Kier alpha value is -1.24. The smallest absolute Gasteiger partial charge is 0.408 e. The van der Waals surface area contributed by atoms with E-state index >= 15 is 0 Å². The number of esters is 1. The Morgan fingerprint density at radius 2 is 2.06 bits per heavy atom. The highest BCUT2D eigenvalue weighted by Gasteiger charge is 2.21. The van der Waals surface area contributed by atoms with E-state index in [9.17, 15) is 14.4 Å². The number of amides is 1. The molecule has 0 aliphatic carbocycles. The zero-order valence-corrected chi connectivity index (χ0v) is 11.0. The van der Waals surface area contributed by atoms with Crippen molar-refractivity contribution in [2.24, 2.45) is 0 Å². The Balaban J connectivity index is 4.03. The van der Waals surface area contributed by atoms with Crippen molar-refractivity contribution in [1.29, 1.82) is 0 Å². The van der Waals surface area contributed by atoms with Crippen molar-refractivity contribution in [2.75, 3.05) is 32.0 Å². The van der Waals surface area contributed by atoms with Crippen LogP contribution in [-0.4, -0.2) is 56.4 Å². The third-order valence-corrected chi connectivity index (χ3v) is 2.82. The van der Waals surface area contributed by atoms with Crippen LogP contribution in [0.4, 0.5) is 4.79 Å². The summed E-state index contributed by atoms with van der Waals surface area (Å²) < 4.78 is 9.30. The van der Waals surface area contributed by atoms with Gasteiger partial charge in [0, 0.05) is 6.42 Å². The summed E-state index contributed by atoms with van der Waals surface area (Å²) in [5, 5.41) is 2.28. The standard InChI is InChI=1S/C10H17NO5S/c1-15-9(13)8(4-5-12)11-10(14)16-6-7-17(2)3/h5,8H,4,6-7H2,1-3H3/p+1/t8-/m0/s1. The molecule has 1 atom stereocenters. The molecule has 7 heteroatoms. The van der Waals surface area contributed by atoms with E-state index in [0.29, 0.717) is 6.29 Å². The maximum atomic E-state index is 11.3. The minimum atomic E-state index is -0.980. The molecule has 0 saturated carbocycles. The van der Waals surface area contributed by atoms with E-state index in [-0.39, 0.29) is 23.9 Å². The van der Waals surface area contributed by atoms with Gasteiger partial charge in [0.25, 0.3) is 0 Å². The van der Waals surface area contributed by atoms with Crippen LogP contribution in [0.2, 0.25) is 0 Å². The minimum absolute atomic E-state index is 0.131. The molecule has 6 nitrogen and oxygen atoms in total. The van der Waals surface area contributed by atoms with Gasteiger partial charge < -0.3 is 19.6 Å². The zero-order valence-electron chi connectivity index (χ0n) is 10.2. The summed E-state index contributed by atoms with van der Waals surface area (Å²) in [6.07, 6.45) is 3.76. The molecule has 1 N–H and O–H groups in total. The highest BCUT2D eigenvalue weighted by molar-refractivity contribution is 7.95. The summed E-state index contributed by atoms with van der Waals surface area (Å²) in [7, 11) is 1.38. The van der Waals surface area contributed by atoms with Crippen LogP contribution < -0.4 is 5.32 Å². The van der Waals surface area contributed by atoms with Crippen LogP contribution in [0.25, 0.3) is 0 Å². The van der Waals surface area contributed by atoms with Crippen molar-refractivity contribution < 1.29 is 23.9 Å². The lowest BCUT2D eigenvalue weighted by atomic mass is 10.2. The number of methoxy groups -OCH3 is 1. The van der Waals surface area contributed by atoms with E-state index in [2.05, 4.69) is 10.1 Å². The van der Waals surface area contributed by atoms with Gasteiger partial charge in [-0.25, -0.2) is 9.59 Å². The largest absolute Gasteiger partial charge is 0.467 e. The van der Waals surface area contributed by atoms with Crippen molar-refractivity contribution in [3.63, 3.8) is 0 Å². The molecule has 0 rings (SSSR count). The predicted octanol–water partition coefficient (Wildman–Crippen LogP) is -0.279. The number of nitrogens with one attached hydrogen (secondary N) is 1. The third kappa shape index (κ3) is 7.62. The molecular weight excluding hydrogens is 246 g/mol. The monoisotopic (exact) mass is 264 g/mol. The SMILES string of the molecule is COC(=O)[C@H](CC=O)NC(=O)OCC[S+](C)C. The van der Waals surface area contributed by atoms with Crippen LogP contribution in [0.15, 0.2) is 0 Å². The number of hydrogen-bond acceptors (Lipinski definition) is 5. The first-order valence-electron chi connectivity index (χ1n) is 5.00. The van der Waals surface area contributed by atoms with Gasteiger partial charge in [0.2, 0.25) is 0 Å². The van der Waals surface area contributed by atoms with Gasteiger partial charge in [0.1, 0.15) is 24.7 Å². The van der Waals surface area contributed by atoms with Gasteiger partial charge in [0.05, 0.1) is 19.6 Å². The number of rotatable bonds is 7. The van der Waals surface area contributed by atoms with Crippen molar-refractivity contribution in [1.82, 2.24) is 5.32 Å². The van der Waals surface area contributed by atoms with Crippen LogP contribution in [0.5, 0.6) is 0 Å². The molecular formula is C10H18NO5S+. The van der Waals surface area contributed by atoms with Crippen LogP contribution >= 0.6 is 0 Å². The average Bonchev–Trinajstić information content (AvgIpc) is 2.27. The minimum Gasteiger partial charge on any atom is -0.467 e. The molecule has 0 heterocycles. The molecule has 0 spiro atoms. The molecule has 0 saturated heterocycles. The molecule has 1 amide bonds. The first kappa shape index (κ1) is 15.8. The fourth-order valence-corrected chi connectivity index (χ4v) is 1.35.